The molecule has 0 bridgehead atoms. The molecule has 1 unspecified atom stereocenters. The monoisotopic (exact) mass is 139 g/mol. The van der Waals surface area contributed by atoms with Crippen molar-refractivity contribution in [3.8, 4) is 0 Å². The summed E-state index contributed by atoms with van der Waals surface area (Å²) in [6, 6.07) is 0. The molecule has 56 valence electrons. The Labute approximate surface area is 60.9 Å². The first-order valence-corrected chi connectivity index (χ1v) is 3.82. The van der Waals surface area contributed by atoms with Crippen molar-refractivity contribution >= 4 is 0 Å². The summed E-state index contributed by atoms with van der Waals surface area (Å²) in [6.45, 7) is 4.19. The van der Waals surface area contributed by atoms with Crippen molar-refractivity contribution in [1.29, 1.82) is 0 Å². The van der Waals surface area contributed by atoms with Crippen LogP contribution in [0.4, 0.5) is 0 Å². The predicted molar refractivity (Wildman–Crippen MR) is 40.4 cm³/mol. The molecule has 0 amide bonds. The summed E-state index contributed by atoms with van der Waals surface area (Å²) in [5, 5.41) is 9.95. The first-order chi connectivity index (χ1) is 4.97. The normalized spacial score (nSPS) is 32.0. The summed E-state index contributed by atoms with van der Waals surface area (Å²) in [6.07, 6.45) is 2.25. The molecule has 10 heavy (non-hydrogen) atoms. The molecule has 0 spiro atoms. The molecule has 2 aliphatic rings. The number of hydrogen-bond donors (Lipinski definition) is 3. The van der Waals surface area contributed by atoms with Crippen LogP contribution in [0.1, 0.15) is 0 Å². The van der Waals surface area contributed by atoms with E-state index < -0.39 is 0 Å². The third-order valence-electron chi connectivity index (χ3n) is 2.11. The van der Waals surface area contributed by atoms with E-state index in [0.717, 1.165) is 26.3 Å². The lowest BCUT2D eigenvalue weighted by atomic mass is 10.0. The molecule has 0 aliphatic carbocycles. The highest BCUT2D eigenvalue weighted by molar-refractivity contribution is 5.11. The van der Waals surface area contributed by atoms with Gasteiger partial charge in [-0.05, 0) is 0 Å². The highest BCUT2D eigenvalue weighted by atomic mass is 15.1. The molecule has 1 fully saturated rings. The van der Waals surface area contributed by atoms with Crippen LogP contribution in [0.25, 0.3) is 0 Å². The summed E-state index contributed by atoms with van der Waals surface area (Å²) in [4.78, 5) is 0. The lowest BCUT2D eigenvalue weighted by molar-refractivity contribution is 0.403. The van der Waals surface area contributed by atoms with E-state index in [1.54, 1.807) is 0 Å². The van der Waals surface area contributed by atoms with E-state index in [0.29, 0.717) is 5.92 Å². The van der Waals surface area contributed by atoms with E-state index >= 15 is 0 Å². The van der Waals surface area contributed by atoms with E-state index in [9.17, 15) is 0 Å². The van der Waals surface area contributed by atoms with Crippen molar-refractivity contribution < 1.29 is 0 Å². The van der Waals surface area contributed by atoms with E-state index in [2.05, 4.69) is 22.0 Å². The molecular weight excluding hydrogens is 126 g/mol. The summed E-state index contributed by atoms with van der Waals surface area (Å²) >= 11 is 0. The van der Waals surface area contributed by atoms with Crippen LogP contribution in [0, 0.1) is 5.92 Å². The third kappa shape index (κ3) is 1.02. The predicted octanol–water partition coefficient (Wildman–Crippen LogP) is -0.760. The fraction of sp³-hybridized carbons (Fsp3) is 0.714. The first kappa shape index (κ1) is 6.19. The summed E-state index contributed by atoms with van der Waals surface area (Å²) in [5.41, 5.74) is 1.43. The Morgan fingerprint density at radius 1 is 1.30 bits per heavy atom. The number of fused-ring (bicyclic) bond motifs is 1. The maximum atomic E-state index is 3.33. The number of hydrogen-bond acceptors (Lipinski definition) is 3. The Kier molecular flexibility index (Phi) is 1.61. The van der Waals surface area contributed by atoms with Gasteiger partial charge < -0.3 is 10.6 Å². The molecule has 0 radical (unpaired) electrons. The first-order valence-electron chi connectivity index (χ1n) is 3.82. The lowest BCUT2D eigenvalue weighted by Gasteiger charge is -2.30. The maximum Gasteiger partial charge on any atom is 0.0650 e. The zero-order valence-electron chi connectivity index (χ0n) is 5.98. The molecule has 2 aliphatic heterocycles. The Hall–Kier alpha value is -0.540. The highest BCUT2D eigenvalue weighted by Gasteiger charge is 2.19. The van der Waals surface area contributed by atoms with Crippen molar-refractivity contribution in [3.05, 3.63) is 11.8 Å². The molecule has 1 saturated heterocycles. The average molecular weight is 139 g/mol. The Morgan fingerprint density at radius 3 is 3.10 bits per heavy atom. The van der Waals surface area contributed by atoms with Gasteiger partial charge >= 0.3 is 0 Å². The SMILES string of the molecule is C1=C2NCNCC2CNC1. The maximum absolute atomic E-state index is 3.33. The van der Waals surface area contributed by atoms with E-state index in [4.69, 9.17) is 0 Å². The molecule has 2 heterocycles. The van der Waals surface area contributed by atoms with Gasteiger partial charge in [0.2, 0.25) is 0 Å². The third-order valence-corrected chi connectivity index (χ3v) is 2.11. The second-order valence-electron chi connectivity index (χ2n) is 2.82. The van der Waals surface area contributed by atoms with Crippen molar-refractivity contribution in [2.75, 3.05) is 26.3 Å². The fourth-order valence-electron chi connectivity index (χ4n) is 1.53. The summed E-state index contributed by atoms with van der Waals surface area (Å²) < 4.78 is 0. The molecule has 0 aromatic carbocycles. The Morgan fingerprint density at radius 2 is 2.20 bits per heavy atom. The van der Waals surface area contributed by atoms with Gasteiger partial charge in [-0.1, -0.05) is 6.08 Å². The Bertz CT molecular complexity index is 153. The largest absolute Gasteiger partial charge is 0.376 e. The van der Waals surface area contributed by atoms with Gasteiger partial charge in [0.25, 0.3) is 0 Å². The van der Waals surface area contributed by atoms with Gasteiger partial charge in [0.05, 0.1) is 6.67 Å². The van der Waals surface area contributed by atoms with Crippen LogP contribution in [-0.2, 0) is 0 Å². The average Bonchev–Trinajstić information content (AvgIpc) is 2.05. The second-order valence-corrected chi connectivity index (χ2v) is 2.82. The molecule has 3 N–H and O–H groups in total. The van der Waals surface area contributed by atoms with Gasteiger partial charge in [-0.2, -0.15) is 0 Å². The van der Waals surface area contributed by atoms with Crippen LogP contribution in [0.3, 0.4) is 0 Å². The standard InChI is InChI=1S/C7H13N3/c1-2-8-3-6-4-9-5-10-7(1)6/h1,6,8-10H,2-5H2. The van der Waals surface area contributed by atoms with Gasteiger partial charge in [-0.15, -0.1) is 0 Å². The van der Waals surface area contributed by atoms with Gasteiger partial charge in [0.1, 0.15) is 0 Å². The minimum Gasteiger partial charge on any atom is -0.376 e. The van der Waals surface area contributed by atoms with Crippen LogP contribution in [0.15, 0.2) is 11.8 Å². The molecule has 0 saturated carbocycles. The smallest absolute Gasteiger partial charge is 0.0650 e. The quantitative estimate of drug-likeness (QED) is 0.413. The summed E-state index contributed by atoms with van der Waals surface area (Å²) in [5.74, 6) is 0.683. The topological polar surface area (TPSA) is 36.1 Å². The molecule has 3 heteroatoms. The Balaban J connectivity index is 2.08. The van der Waals surface area contributed by atoms with Gasteiger partial charge in [-0.25, -0.2) is 0 Å². The van der Waals surface area contributed by atoms with Crippen LogP contribution >= 0.6 is 0 Å². The van der Waals surface area contributed by atoms with E-state index in [1.165, 1.54) is 5.70 Å². The van der Waals surface area contributed by atoms with E-state index in [1.807, 2.05) is 0 Å². The molecule has 2 rings (SSSR count). The minimum atomic E-state index is 0.683. The highest BCUT2D eigenvalue weighted by Crippen LogP contribution is 2.11. The van der Waals surface area contributed by atoms with Gasteiger partial charge in [0.15, 0.2) is 0 Å². The molecule has 0 aromatic rings. The molecule has 3 nitrogen and oxygen atoms in total. The van der Waals surface area contributed by atoms with Crippen LogP contribution in [0.5, 0.6) is 0 Å². The second kappa shape index (κ2) is 2.60. The van der Waals surface area contributed by atoms with Gasteiger partial charge in [-0.3, -0.25) is 5.32 Å². The summed E-state index contributed by atoms with van der Waals surface area (Å²) in [7, 11) is 0. The van der Waals surface area contributed by atoms with Gasteiger partial charge in [0, 0.05) is 31.2 Å². The minimum absolute atomic E-state index is 0.683. The zero-order valence-corrected chi connectivity index (χ0v) is 5.98. The van der Waals surface area contributed by atoms with Crippen LogP contribution < -0.4 is 16.0 Å². The van der Waals surface area contributed by atoms with Crippen molar-refractivity contribution in [3.63, 3.8) is 0 Å². The lowest BCUT2D eigenvalue weighted by Crippen LogP contribution is -2.48. The van der Waals surface area contributed by atoms with Crippen LogP contribution in [0.2, 0.25) is 0 Å². The van der Waals surface area contributed by atoms with Crippen LogP contribution in [-0.4, -0.2) is 26.3 Å². The molecule has 1 atom stereocenters. The van der Waals surface area contributed by atoms with Crippen molar-refractivity contribution in [2.24, 2.45) is 5.92 Å². The van der Waals surface area contributed by atoms with E-state index in [-0.39, 0.29) is 0 Å². The van der Waals surface area contributed by atoms with Crippen molar-refractivity contribution in [2.45, 2.75) is 0 Å². The fourth-order valence-corrected chi connectivity index (χ4v) is 1.53. The van der Waals surface area contributed by atoms with Crippen molar-refractivity contribution in [1.82, 2.24) is 16.0 Å². The molecule has 0 aromatic heterocycles. The number of rotatable bonds is 0. The molecular formula is C7H13N3. The number of nitrogens with one attached hydrogen (secondary N) is 3. The zero-order chi connectivity index (χ0) is 6.81.